The van der Waals surface area contributed by atoms with Crippen molar-refractivity contribution in [3.05, 3.63) is 46.5 Å². The summed E-state index contributed by atoms with van der Waals surface area (Å²) < 4.78 is 11.3. The van der Waals surface area contributed by atoms with Crippen LogP contribution in [0.15, 0.2) is 24.3 Å². The molecule has 0 saturated carbocycles. The van der Waals surface area contributed by atoms with Gasteiger partial charge in [-0.3, -0.25) is 4.90 Å². The Morgan fingerprint density at radius 1 is 1.12 bits per heavy atom. The van der Waals surface area contributed by atoms with Crippen LogP contribution in [0.25, 0.3) is 11.1 Å². The van der Waals surface area contributed by atoms with Crippen LogP contribution >= 0.6 is 0 Å². The first-order valence-corrected chi connectivity index (χ1v) is 8.78. The van der Waals surface area contributed by atoms with Gasteiger partial charge in [0.15, 0.2) is 11.5 Å². The lowest BCUT2D eigenvalue weighted by molar-refractivity contribution is 0.227. The maximum atomic E-state index is 5.76. The smallest absolute Gasteiger partial charge is 0.168 e. The highest BCUT2D eigenvalue weighted by Gasteiger charge is 2.35. The molecule has 0 aromatic heterocycles. The summed E-state index contributed by atoms with van der Waals surface area (Å²) in [6.45, 7) is 3.39. The molecule has 1 heterocycles. The molecule has 2 aliphatic rings. The molecule has 4 rings (SSSR count). The number of fused-ring (bicyclic) bond motifs is 2. The van der Waals surface area contributed by atoms with Gasteiger partial charge in [0.05, 0.1) is 14.2 Å². The lowest BCUT2D eigenvalue weighted by Crippen LogP contribution is -2.36. The number of nitrogens with zero attached hydrogens (tertiary/aromatic N) is 1. The maximum absolute atomic E-state index is 5.76. The molecule has 24 heavy (non-hydrogen) atoms. The normalized spacial score (nSPS) is 18.8. The Bertz CT molecular complexity index is 797. The number of likely N-dealkylation sites (N-methyl/N-ethyl adjacent to an activating group) is 1. The monoisotopic (exact) mass is 323 g/mol. The summed E-state index contributed by atoms with van der Waals surface area (Å²) in [5.74, 6) is 1.68. The Morgan fingerprint density at radius 2 is 1.96 bits per heavy atom. The standard InChI is InChI=1S/C21H25NO2/c1-5-13-6-8-16-19-14(7-9-18(23-3)21(19)24-4)12-17-20(16)15(13)10-11-22(17)2/h6-9,17H,5,10-12H2,1-4H3/t17-/m0/s1. The van der Waals surface area contributed by atoms with E-state index >= 15 is 0 Å². The lowest BCUT2D eigenvalue weighted by atomic mass is 9.75. The van der Waals surface area contributed by atoms with E-state index in [9.17, 15) is 0 Å². The van der Waals surface area contributed by atoms with Crippen molar-refractivity contribution in [1.82, 2.24) is 4.90 Å². The van der Waals surface area contributed by atoms with Crippen molar-refractivity contribution in [3.8, 4) is 22.6 Å². The second-order valence-corrected chi connectivity index (χ2v) is 6.80. The molecule has 126 valence electrons. The van der Waals surface area contributed by atoms with Gasteiger partial charge >= 0.3 is 0 Å². The molecule has 0 bridgehead atoms. The molecule has 0 radical (unpaired) electrons. The molecule has 1 aliphatic carbocycles. The van der Waals surface area contributed by atoms with Crippen molar-refractivity contribution >= 4 is 0 Å². The third-order valence-electron chi connectivity index (χ3n) is 5.73. The summed E-state index contributed by atoms with van der Waals surface area (Å²) in [7, 11) is 5.70. The molecule has 2 aromatic carbocycles. The van der Waals surface area contributed by atoms with E-state index in [4.69, 9.17) is 9.47 Å². The molecule has 0 N–H and O–H groups in total. The van der Waals surface area contributed by atoms with Crippen LogP contribution in [0.4, 0.5) is 0 Å². The van der Waals surface area contributed by atoms with Crippen molar-refractivity contribution in [3.63, 3.8) is 0 Å². The summed E-state index contributed by atoms with van der Waals surface area (Å²) in [5, 5.41) is 0. The molecular formula is C21H25NO2. The Hall–Kier alpha value is -2.00. The number of methoxy groups -OCH3 is 2. The average molecular weight is 323 g/mol. The number of rotatable bonds is 3. The van der Waals surface area contributed by atoms with Gasteiger partial charge in [-0.2, -0.15) is 0 Å². The Morgan fingerprint density at radius 3 is 2.67 bits per heavy atom. The fourth-order valence-corrected chi connectivity index (χ4v) is 4.50. The van der Waals surface area contributed by atoms with Gasteiger partial charge in [0.1, 0.15) is 0 Å². The van der Waals surface area contributed by atoms with Crippen LogP contribution in [-0.2, 0) is 19.3 Å². The largest absolute Gasteiger partial charge is 0.493 e. The van der Waals surface area contributed by atoms with Gasteiger partial charge in [0.2, 0.25) is 0 Å². The van der Waals surface area contributed by atoms with Gasteiger partial charge in [-0.25, -0.2) is 0 Å². The topological polar surface area (TPSA) is 21.7 Å². The van der Waals surface area contributed by atoms with Gasteiger partial charge in [-0.1, -0.05) is 25.1 Å². The first-order valence-electron chi connectivity index (χ1n) is 8.78. The van der Waals surface area contributed by atoms with Gasteiger partial charge in [-0.05, 0) is 60.2 Å². The van der Waals surface area contributed by atoms with E-state index in [1.165, 1.54) is 27.8 Å². The SMILES string of the molecule is CCc1ccc2c3c1CCN(C)[C@H]3Cc1ccc(OC)c(OC)c1-2. The van der Waals surface area contributed by atoms with Crippen molar-refractivity contribution in [1.29, 1.82) is 0 Å². The Kier molecular flexibility index (Phi) is 3.76. The zero-order valence-electron chi connectivity index (χ0n) is 15.0. The Labute approximate surface area is 144 Å². The highest BCUT2D eigenvalue weighted by Crippen LogP contribution is 2.51. The molecule has 3 heteroatoms. The van der Waals surface area contributed by atoms with Crippen LogP contribution in [0.1, 0.15) is 35.2 Å². The van der Waals surface area contributed by atoms with Crippen LogP contribution in [-0.4, -0.2) is 32.7 Å². The van der Waals surface area contributed by atoms with Crippen molar-refractivity contribution in [2.24, 2.45) is 0 Å². The fourth-order valence-electron chi connectivity index (χ4n) is 4.50. The molecular weight excluding hydrogens is 298 g/mol. The summed E-state index contributed by atoms with van der Waals surface area (Å²) in [6, 6.07) is 9.32. The third kappa shape index (κ3) is 2.07. The molecule has 0 fully saturated rings. The zero-order valence-corrected chi connectivity index (χ0v) is 15.0. The van der Waals surface area contributed by atoms with Crippen LogP contribution in [0, 0.1) is 0 Å². The van der Waals surface area contributed by atoms with Gasteiger partial charge in [0.25, 0.3) is 0 Å². The predicted octanol–water partition coefficient (Wildman–Crippen LogP) is 4.02. The highest BCUT2D eigenvalue weighted by atomic mass is 16.5. The van der Waals surface area contributed by atoms with Crippen LogP contribution in [0.2, 0.25) is 0 Å². The number of benzene rings is 2. The molecule has 0 unspecified atom stereocenters. The van der Waals surface area contributed by atoms with Crippen LogP contribution in [0.3, 0.4) is 0 Å². The summed E-state index contributed by atoms with van der Waals surface area (Å²) >= 11 is 0. The number of ether oxygens (including phenoxy) is 2. The van der Waals surface area contributed by atoms with E-state index in [-0.39, 0.29) is 0 Å². The van der Waals surface area contributed by atoms with Crippen LogP contribution in [0.5, 0.6) is 11.5 Å². The molecule has 2 aromatic rings. The number of hydrogen-bond donors (Lipinski definition) is 0. The second kappa shape index (κ2) is 5.82. The first kappa shape index (κ1) is 15.5. The summed E-state index contributed by atoms with van der Waals surface area (Å²) in [6.07, 6.45) is 3.28. The molecule has 3 nitrogen and oxygen atoms in total. The molecule has 1 aliphatic heterocycles. The summed E-state index contributed by atoms with van der Waals surface area (Å²) in [5.41, 5.74) is 8.49. The minimum atomic E-state index is 0.473. The minimum Gasteiger partial charge on any atom is -0.493 e. The number of aryl methyl sites for hydroxylation is 1. The lowest BCUT2D eigenvalue weighted by Gasteiger charge is -2.41. The number of hydrogen-bond acceptors (Lipinski definition) is 3. The quantitative estimate of drug-likeness (QED) is 0.851. The van der Waals surface area contributed by atoms with Crippen LogP contribution < -0.4 is 9.47 Å². The minimum absolute atomic E-state index is 0.473. The van der Waals surface area contributed by atoms with Gasteiger partial charge in [-0.15, -0.1) is 0 Å². The van der Waals surface area contributed by atoms with Gasteiger partial charge < -0.3 is 9.47 Å². The fraction of sp³-hybridized carbons (Fsp3) is 0.429. The zero-order chi connectivity index (χ0) is 16.8. The average Bonchev–Trinajstić information content (AvgIpc) is 2.63. The third-order valence-corrected chi connectivity index (χ3v) is 5.73. The molecule has 0 spiro atoms. The molecule has 0 amide bonds. The first-order chi connectivity index (χ1) is 11.7. The van der Waals surface area contributed by atoms with Gasteiger partial charge in [0, 0.05) is 18.2 Å². The maximum Gasteiger partial charge on any atom is 0.168 e. The Balaban J connectivity index is 2.03. The van der Waals surface area contributed by atoms with E-state index in [0.29, 0.717) is 6.04 Å². The predicted molar refractivity (Wildman–Crippen MR) is 97.1 cm³/mol. The molecule has 0 saturated heterocycles. The molecule has 1 atom stereocenters. The van der Waals surface area contributed by atoms with E-state index in [2.05, 4.69) is 37.1 Å². The van der Waals surface area contributed by atoms with E-state index < -0.39 is 0 Å². The summed E-state index contributed by atoms with van der Waals surface area (Å²) in [4.78, 5) is 2.50. The second-order valence-electron chi connectivity index (χ2n) is 6.80. The van der Waals surface area contributed by atoms with E-state index in [0.717, 1.165) is 37.3 Å². The van der Waals surface area contributed by atoms with Crippen molar-refractivity contribution in [2.45, 2.75) is 32.2 Å². The van der Waals surface area contributed by atoms with E-state index in [1.54, 1.807) is 19.8 Å². The van der Waals surface area contributed by atoms with Crippen molar-refractivity contribution < 1.29 is 9.47 Å². The highest BCUT2D eigenvalue weighted by molar-refractivity contribution is 5.83. The van der Waals surface area contributed by atoms with Crippen molar-refractivity contribution in [2.75, 3.05) is 27.8 Å². The van der Waals surface area contributed by atoms with E-state index in [1.807, 2.05) is 6.07 Å².